The Morgan fingerprint density at radius 1 is 0.926 bits per heavy atom. The number of benzene rings is 2. The Morgan fingerprint density at radius 2 is 1.59 bits per heavy atom. The van der Waals surface area contributed by atoms with Crippen LogP contribution in [-0.4, -0.2) is 41.9 Å². The van der Waals surface area contributed by atoms with Gasteiger partial charge in [0.1, 0.15) is 6.04 Å². The van der Waals surface area contributed by atoms with Crippen LogP contribution in [-0.2, 0) is 4.79 Å². The number of fused-ring (bicyclic) bond motifs is 2. The van der Waals surface area contributed by atoms with E-state index in [2.05, 4.69) is 10.6 Å². The SMILES string of the molecule is O=C(NC(C(=O)N1C2CCNCC1CC2)c1ccccc1)c1ccccc1. The highest BCUT2D eigenvalue weighted by Crippen LogP contribution is 2.31. The molecule has 2 aliphatic rings. The van der Waals surface area contributed by atoms with Crippen molar-refractivity contribution in [2.45, 2.75) is 37.4 Å². The lowest BCUT2D eigenvalue weighted by atomic mass is 10.0. The zero-order valence-electron chi connectivity index (χ0n) is 15.3. The van der Waals surface area contributed by atoms with Gasteiger partial charge in [-0.3, -0.25) is 9.59 Å². The van der Waals surface area contributed by atoms with Crippen LogP contribution in [0.5, 0.6) is 0 Å². The monoisotopic (exact) mass is 363 g/mol. The molecule has 4 rings (SSSR count). The van der Waals surface area contributed by atoms with Crippen molar-refractivity contribution in [3.8, 4) is 0 Å². The molecule has 0 aliphatic carbocycles. The van der Waals surface area contributed by atoms with Gasteiger partial charge in [0.15, 0.2) is 0 Å². The maximum Gasteiger partial charge on any atom is 0.252 e. The summed E-state index contributed by atoms with van der Waals surface area (Å²) in [6.45, 7) is 1.77. The first-order chi connectivity index (χ1) is 13.2. The normalized spacial score (nSPS) is 22.7. The van der Waals surface area contributed by atoms with Crippen molar-refractivity contribution >= 4 is 11.8 Å². The van der Waals surface area contributed by atoms with Gasteiger partial charge in [0.25, 0.3) is 5.91 Å². The second kappa shape index (κ2) is 7.92. The molecule has 0 radical (unpaired) electrons. The highest BCUT2D eigenvalue weighted by molar-refractivity contribution is 5.98. The molecule has 3 unspecified atom stereocenters. The zero-order valence-corrected chi connectivity index (χ0v) is 15.3. The van der Waals surface area contributed by atoms with Crippen LogP contribution in [0.3, 0.4) is 0 Å². The number of rotatable bonds is 4. The van der Waals surface area contributed by atoms with E-state index < -0.39 is 6.04 Å². The van der Waals surface area contributed by atoms with Crippen LogP contribution in [0.15, 0.2) is 60.7 Å². The largest absolute Gasteiger partial charge is 0.336 e. The molecule has 3 atom stereocenters. The molecule has 2 aliphatic heterocycles. The summed E-state index contributed by atoms with van der Waals surface area (Å²) in [5.41, 5.74) is 1.38. The number of hydrogen-bond acceptors (Lipinski definition) is 3. The fraction of sp³-hybridized carbons (Fsp3) is 0.364. The summed E-state index contributed by atoms with van der Waals surface area (Å²) in [5.74, 6) is -0.222. The summed E-state index contributed by atoms with van der Waals surface area (Å²) in [6.07, 6.45) is 3.04. The second-order valence-corrected chi connectivity index (χ2v) is 7.31. The number of nitrogens with zero attached hydrogens (tertiary/aromatic N) is 1. The van der Waals surface area contributed by atoms with Crippen LogP contribution in [0, 0.1) is 0 Å². The highest BCUT2D eigenvalue weighted by atomic mass is 16.2. The van der Waals surface area contributed by atoms with Crippen LogP contribution in [0.4, 0.5) is 0 Å². The molecule has 2 aromatic carbocycles. The predicted molar refractivity (Wildman–Crippen MR) is 104 cm³/mol. The fourth-order valence-corrected chi connectivity index (χ4v) is 4.23. The standard InChI is InChI=1S/C22H25N3O2/c26-21(17-9-5-2-6-10-17)24-20(16-7-3-1-4-8-16)22(27)25-18-11-12-19(25)15-23-14-13-18/h1-10,18-20,23H,11-15H2,(H,24,26). The first-order valence-corrected chi connectivity index (χ1v) is 9.68. The van der Waals surface area contributed by atoms with Gasteiger partial charge in [-0.25, -0.2) is 0 Å². The van der Waals surface area contributed by atoms with Gasteiger partial charge >= 0.3 is 0 Å². The molecular weight excluding hydrogens is 338 g/mol. The summed E-state index contributed by atoms with van der Waals surface area (Å²) in [6, 6.07) is 18.4. The zero-order chi connectivity index (χ0) is 18.6. The molecule has 2 fully saturated rings. The number of hydrogen-bond donors (Lipinski definition) is 2. The van der Waals surface area contributed by atoms with Crippen LogP contribution >= 0.6 is 0 Å². The minimum absolute atomic E-state index is 0.00156. The van der Waals surface area contributed by atoms with Crippen LogP contribution in [0.2, 0.25) is 0 Å². The molecule has 0 saturated carbocycles. The van der Waals surface area contributed by atoms with Crippen molar-refractivity contribution in [1.29, 1.82) is 0 Å². The summed E-state index contributed by atoms with van der Waals surface area (Å²) in [5, 5.41) is 6.41. The Balaban J connectivity index is 1.62. The first kappa shape index (κ1) is 17.7. The van der Waals surface area contributed by atoms with E-state index in [4.69, 9.17) is 0 Å². The van der Waals surface area contributed by atoms with E-state index >= 15 is 0 Å². The Kier molecular flexibility index (Phi) is 5.21. The van der Waals surface area contributed by atoms with Crippen molar-refractivity contribution in [3.63, 3.8) is 0 Å². The van der Waals surface area contributed by atoms with Crippen LogP contribution in [0.25, 0.3) is 0 Å². The number of carbonyl (C=O) groups is 2. The predicted octanol–water partition coefficient (Wildman–Crippen LogP) is 2.51. The van der Waals surface area contributed by atoms with Crippen LogP contribution < -0.4 is 10.6 Å². The van der Waals surface area contributed by atoms with Crippen LogP contribution in [0.1, 0.15) is 41.2 Å². The van der Waals surface area contributed by atoms with E-state index in [1.165, 1.54) is 0 Å². The lowest BCUT2D eigenvalue weighted by Gasteiger charge is -2.32. The first-order valence-electron chi connectivity index (χ1n) is 9.68. The lowest BCUT2D eigenvalue weighted by molar-refractivity contribution is -0.136. The van der Waals surface area contributed by atoms with E-state index in [1.807, 2.05) is 53.4 Å². The minimum atomic E-state index is -0.667. The van der Waals surface area contributed by atoms with Crippen molar-refractivity contribution < 1.29 is 9.59 Å². The third kappa shape index (κ3) is 3.74. The van der Waals surface area contributed by atoms with Gasteiger partial charge in [-0.1, -0.05) is 48.5 Å². The molecular formula is C22H25N3O2. The molecule has 5 nitrogen and oxygen atoms in total. The number of nitrogens with one attached hydrogen (secondary N) is 2. The van der Waals surface area contributed by atoms with Gasteiger partial charge in [-0.05, 0) is 43.5 Å². The van der Waals surface area contributed by atoms with Crippen molar-refractivity contribution in [1.82, 2.24) is 15.5 Å². The van der Waals surface area contributed by atoms with Gasteiger partial charge in [-0.2, -0.15) is 0 Å². The van der Waals surface area contributed by atoms with Crippen molar-refractivity contribution in [2.75, 3.05) is 13.1 Å². The summed E-state index contributed by atoms with van der Waals surface area (Å²) in [7, 11) is 0. The Hall–Kier alpha value is -2.66. The van der Waals surface area contributed by atoms with E-state index in [1.54, 1.807) is 12.1 Å². The van der Waals surface area contributed by atoms with Gasteiger partial charge in [0.2, 0.25) is 5.91 Å². The second-order valence-electron chi connectivity index (χ2n) is 7.31. The lowest BCUT2D eigenvalue weighted by Crippen LogP contribution is -2.48. The quantitative estimate of drug-likeness (QED) is 0.877. The highest BCUT2D eigenvalue weighted by Gasteiger charge is 2.41. The smallest absolute Gasteiger partial charge is 0.252 e. The van der Waals surface area contributed by atoms with E-state index in [9.17, 15) is 9.59 Å². The third-order valence-electron chi connectivity index (χ3n) is 5.60. The van der Waals surface area contributed by atoms with E-state index in [-0.39, 0.29) is 23.9 Å². The average Bonchev–Trinajstić information content (AvgIpc) is 2.99. The van der Waals surface area contributed by atoms with Crippen molar-refractivity contribution in [2.24, 2.45) is 0 Å². The maximum absolute atomic E-state index is 13.6. The molecule has 2 N–H and O–H groups in total. The van der Waals surface area contributed by atoms with E-state index in [0.717, 1.165) is 37.9 Å². The Labute approximate surface area is 159 Å². The Bertz CT molecular complexity index is 780. The minimum Gasteiger partial charge on any atom is -0.336 e. The summed E-state index contributed by atoms with van der Waals surface area (Å²) in [4.78, 5) is 28.4. The molecule has 27 heavy (non-hydrogen) atoms. The molecule has 2 saturated heterocycles. The molecule has 2 aromatic rings. The summed E-state index contributed by atoms with van der Waals surface area (Å²) < 4.78 is 0. The summed E-state index contributed by atoms with van der Waals surface area (Å²) >= 11 is 0. The molecule has 2 heterocycles. The average molecular weight is 363 g/mol. The molecule has 0 spiro atoms. The van der Waals surface area contributed by atoms with Gasteiger partial charge in [0.05, 0.1) is 0 Å². The molecule has 2 bridgehead atoms. The van der Waals surface area contributed by atoms with Crippen molar-refractivity contribution in [3.05, 3.63) is 71.8 Å². The molecule has 5 heteroatoms. The molecule has 2 amide bonds. The van der Waals surface area contributed by atoms with Gasteiger partial charge in [-0.15, -0.1) is 0 Å². The topological polar surface area (TPSA) is 61.4 Å². The van der Waals surface area contributed by atoms with Gasteiger partial charge in [0, 0.05) is 24.2 Å². The Morgan fingerprint density at radius 3 is 2.33 bits per heavy atom. The number of amides is 2. The van der Waals surface area contributed by atoms with Gasteiger partial charge < -0.3 is 15.5 Å². The molecule has 0 aromatic heterocycles. The third-order valence-corrected chi connectivity index (χ3v) is 5.60. The number of carbonyl (C=O) groups excluding carboxylic acids is 2. The van der Waals surface area contributed by atoms with E-state index in [0.29, 0.717) is 5.56 Å². The fourth-order valence-electron chi connectivity index (χ4n) is 4.23. The maximum atomic E-state index is 13.6. The molecule has 140 valence electrons.